The summed E-state index contributed by atoms with van der Waals surface area (Å²) in [5.74, 6) is 1.69. The number of fused-ring (bicyclic) bond motifs is 1. The van der Waals surface area contributed by atoms with E-state index in [9.17, 15) is 8.42 Å². The summed E-state index contributed by atoms with van der Waals surface area (Å²) in [6, 6.07) is 0. The molecule has 2 rings (SSSR count). The highest BCUT2D eigenvalue weighted by molar-refractivity contribution is 7.89. The molecule has 3 nitrogen and oxygen atoms in total. The molecule has 1 saturated heterocycles. The van der Waals surface area contributed by atoms with Gasteiger partial charge in [-0.15, -0.1) is 0 Å². The first-order valence-electron chi connectivity index (χ1n) is 6.11. The minimum atomic E-state index is -2.93. The third-order valence-corrected chi connectivity index (χ3v) is 5.73. The van der Waals surface area contributed by atoms with Gasteiger partial charge in [-0.2, -0.15) is 0 Å². The Hall–Kier alpha value is -0.0900. The van der Waals surface area contributed by atoms with Gasteiger partial charge in [0.2, 0.25) is 10.0 Å². The molecule has 0 aromatic rings. The van der Waals surface area contributed by atoms with Gasteiger partial charge < -0.3 is 0 Å². The van der Waals surface area contributed by atoms with Crippen molar-refractivity contribution in [2.75, 3.05) is 18.8 Å². The first kappa shape index (κ1) is 11.4. The lowest BCUT2D eigenvalue weighted by molar-refractivity contribution is 0.444. The summed E-state index contributed by atoms with van der Waals surface area (Å²) in [5.41, 5.74) is 0. The van der Waals surface area contributed by atoms with Crippen molar-refractivity contribution in [2.24, 2.45) is 11.8 Å². The van der Waals surface area contributed by atoms with Crippen molar-refractivity contribution in [3.05, 3.63) is 0 Å². The summed E-state index contributed by atoms with van der Waals surface area (Å²) < 4.78 is 25.6. The Bertz CT molecular complexity index is 301. The van der Waals surface area contributed by atoms with Gasteiger partial charge >= 0.3 is 0 Å². The number of sulfonamides is 1. The van der Waals surface area contributed by atoms with E-state index in [2.05, 4.69) is 0 Å². The number of rotatable bonds is 4. The Morgan fingerprint density at radius 1 is 1.20 bits per heavy atom. The summed E-state index contributed by atoms with van der Waals surface area (Å²) in [7, 11) is -2.93. The van der Waals surface area contributed by atoms with Crippen molar-refractivity contribution in [3.8, 4) is 0 Å². The number of hydrogen-bond donors (Lipinski definition) is 0. The maximum Gasteiger partial charge on any atom is 0.214 e. The maximum atomic E-state index is 11.9. The Morgan fingerprint density at radius 3 is 2.33 bits per heavy atom. The van der Waals surface area contributed by atoms with Crippen LogP contribution in [-0.4, -0.2) is 31.6 Å². The fourth-order valence-corrected chi connectivity index (χ4v) is 4.62. The molecule has 1 saturated carbocycles. The molecular weight excluding hydrogens is 210 g/mol. The van der Waals surface area contributed by atoms with E-state index >= 15 is 0 Å². The van der Waals surface area contributed by atoms with Crippen molar-refractivity contribution < 1.29 is 8.42 Å². The van der Waals surface area contributed by atoms with E-state index in [-0.39, 0.29) is 0 Å². The molecule has 0 N–H and O–H groups in total. The van der Waals surface area contributed by atoms with Crippen molar-refractivity contribution >= 4 is 10.0 Å². The fraction of sp³-hybridized carbons (Fsp3) is 1.00. The highest BCUT2D eigenvalue weighted by atomic mass is 32.2. The van der Waals surface area contributed by atoms with Gasteiger partial charge in [-0.3, -0.25) is 0 Å². The quantitative estimate of drug-likeness (QED) is 0.740. The molecule has 88 valence electrons. The van der Waals surface area contributed by atoms with Crippen LogP contribution < -0.4 is 0 Å². The van der Waals surface area contributed by atoms with Crippen molar-refractivity contribution in [3.63, 3.8) is 0 Å². The summed E-state index contributed by atoms with van der Waals surface area (Å²) >= 11 is 0. The summed E-state index contributed by atoms with van der Waals surface area (Å²) in [4.78, 5) is 0. The zero-order chi connectivity index (χ0) is 10.9. The van der Waals surface area contributed by atoms with E-state index in [0.29, 0.717) is 17.6 Å². The predicted octanol–water partition coefficient (Wildman–Crippen LogP) is 1.85. The zero-order valence-electron chi connectivity index (χ0n) is 9.48. The van der Waals surface area contributed by atoms with Crippen LogP contribution in [0.15, 0.2) is 0 Å². The van der Waals surface area contributed by atoms with Gasteiger partial charge in [-0.05, 0) is 31.1 Å². The molecule has 4 heteroatoms. The second-order valence-corrected chi connectivity index (χ2v) is 7.03. The standard InChI is InChI=1S/C11H21NO2S/c1-2-3-7-15(13,14)12-8-10-5-4-6-11(10)9-12/h10-11H,2-9H2,1H3. The second kappa shape index (κ2) is 4.42. The largest absolute Gasteiger partial charge is 0.214 e. The molecule has 1 aliphatic heterocycles. The number of unbranched alkanes of at least 4 members (excludes halogenated alkanes) is 1. The van der Waals surface area contributed by atoms with Gasteiger partial charge in [0.1, 0.15) is 0 Å². The zero-order valence-corrected chi connectivity index (χ0v) is 10.3. The Labute approximate surface area is 92.9 Å². The van der Waals surface area contributed by atoms with Crippen LogP contribution in [0.2, 0.25) is 0 Å². The second-order valence-electron chi connectivity index (χ2n) is 4.94. The van der Waals surface area contributed by atoms with E-state index < -0.39 is 10.0 Å². The van der Waals surface area contributed by atoms with Crippen molar-refractivity contribution in [1.82, 2.24) is 4.31 Å². The first-order chi connectivity index (χ1) is 7.13. The Balaban J connectivity index is 1.95. The molecule has 1 aliphatic carbocycles. The normalized spacial score (nSPS) is 32.1. The molecule has 0 spiro atoms. The first-order valence-corrected chi connectivity index (χ1v) is 7.72. The van der Waals surface area contributed by atoms with Crippen LogP contribution in [0.1, 0.15) is 39.0 Å². The van der Waals surface area contributed by atoms with E-state index in [1.165, 1.54) is 19.3 Å². The van der Waals surface area contributed by atoms with E-state index in [4.69, 9.17) is 0 Å². The molecule has 0 amide bonds. The van der Waals surface area contributed by atoms with E-state index in [0.717, 1.165) is 25.9 Å². The molecule has 15 heavy (non-hydrogen) atoms. The summed E-state index contributed by atoms with van der Waals surface area (Å²) in [6.45, 7) is 3.64. The lowest BCUT2D eigenvalue weighted by Crippen LogP contribution is -2.31. The van der Waals surface area contributed by atoms with Gasteiger partial charge in [0.25, 0.3) is 0 Å². The van der Waals surface area contributed by atoms with Crippen LogP contribution in [-0.2, 0) is 10.0 Å². The molecule has 2 unspecified atom stereocenters. The van der Waals surface area contributed by atoms with E-state index in [1.54, 1.807) is 4.31 Å². The van der Waals surface area contributed by atoms with E-state index in [1.807, 2.05) is 6.92 Å². The SMILES string of the molecule is CCCCS(=O)(=O)N1CC2CCCC2C1. The minimum Gasteiger partial charge on any atom is -0.212 e. The minimum absolute atomic E-state index is 0.350. The Kier molecular flexibility index (Phi) is 3.36. The van der Waals surface area contributed by atoms with Gasteiger partial charge in [0, 0.05) is 13.1 Å². The van der Waals surface area contributed by atoms with Crippen LogP contribution in [0.25, 0.3) is 0 Å². The molecule has 0 bridgehead atoms. The highest BCUT2D eigenvalue weighted by Crippen LogP contribution is 2.38. The lowest BCUT2D eigenvalue weighted by atomic mass is 10.0. The van der Waals surface area contributed by atoms with Crippen molar-refractivity contribution in [2.45, 2.75) is 39.0 Å². The fourth-order valence-electron chi connectivity index (χ4n) is 2.87. The monoisotopic (exact) mass is 231 g/mol. The molecule has 0 aromatic carbocycles. The van der Waals surface area contributed by atoms with Gasteiger partial charge in [0.05, 0.1) is 5.75 Å². The molecular formula is C11H21NO2S. The van der Waals surface area contributed by atoms with Crippen LogP contribution in [0.5, 0.6) is 0 Å². The molecule has 2 atom stereocenters. The van der Waals surface area contributed by atoms with Crippen LogP contribution in [0.3, 0.4) is 0 Å². The highest BCUT2D eigenvalue weighted by Gasteiger charge is 2.40. The molecule has 0 aromatic heterocycles. The van der Waals surface area contributed by atoms with Crippen LogP contribution in [0, 0.1) is 11.8 Å². The Morgan fingerprint density at radius 2 is 1.80 bits per heavy atom. The van der Waals surface area contributed by atoms with Crippen molar-refractivity contribution in [1.29, 1.82) is 0 Å². The topological polar surface area (TPSA) is 37.4 Å². The smallest absolute Gasteiger partial charge is 0.212 e. The third kappa shape index (κ3) is 2.36. The molecule has 1 heterocycles. The van der Waals surface area contributed by atoms with Crippen LogP contribution >= 0.6 is 0 Å². The molecule has 2 aliphatic rings. The van der Waals surface area contributed by atoms with Gasteiger partial charge in [0.15, 0.2) is 0 Å². The van der Waals surface area contributed by atoms with Gasteiger partial charge in [-0.1, -0.05) is 19.8 Å². The van der Waals surface area contributed by atoms with Gasteiger partial charge in [-0.25, -0.2) is 12.7 Å². The molecule has 0 radical (unpaired) electrons. The summed E-state index contributed by atoms with van der Waals surface area (Å²) in [5, 5.41) is 0. The maximum absolute atomic E-state index is 11.9. The van der Waals surface area contributed by atoms with Crippen LogP contribution in [0.4, 0.5) is 0 Å². The lowest BCUT2D eigenvalue weighted by Gasteiger charge is -2.16. The summed E-state index contributed by atoms with van der Waals surface area (Å²) in [6.07, 6.45) is 5.54. The predicted molar refractivity (Wildman–Crippen MR) is 61.1 cm³/mol. The average Bonchev–Trinajstić information content (AvgIpc) is 2.73. The average molecular weight is 231 g/mol. The number of hydrogen-bond acceptors (Lipinski definition) is 2. The third-order valence-electron chi connectivity index (χ3n) is 3.84. The molecule has 2 fully saturated rings. The number of nitrogens with zero attached hydrogens (tertiary/aromatic N) is 1.